The van der Waals surface area contributed by atoms with Gasteiger partial charge in [-0.05, 0) is 57.1 Å². The summed E-state index contributed by atoms with van der Waals surface area (Å²) in [6.45, 7) is 4.77. The van der Waals surface area contributed by atoms with E-state index in [9.17, 15) is 9.90 Å². The first-order valence-electron chi connectivity index (χ1n) is 8.06. The summed E-state index contributed by atoms with van der Waals surface area (Å²) in [5.74, 6) is 0.568. The molecule has 1 saturated heterocycles. The SMILES string of the molecule is Cc1cc(C)c(C(=O)O)c(N2CCCC2C2CCCC2)n1. The number of carboxylic acid groups (broad SMARTS) is 1. The first kappa shape index (κ1) is 14.4. The standard InChI is InChI=1S/C17H24N2O2/c1-11-10-12(2)18-16(15(11)17(20)21)19-9-5-8-14(19)13-6-3-4-7-13/h10,13-14H,3-9H2,1-2H3,(H,20,21). The third-order valence-corrected chi connectivity index (χ3v) is 5.05. The highest BCUT2D eigenvalue weighted by Crippen LogP contribution is 2.38. The predicted octanol–water partition coefficient (Wildman–Crippen LogP) is 3.56. The zero-order valence-electron chi connectivity index (χ0n) is 12.9. The fourth-order valence-electron chi connectivity index (χ4n) is 4.18. The Hall–Kier alpha value is -1.58. The largest absolute Gasteiger partial charge is 0.478 e. The van der Waals surface area contributed by atoms with Gasteiger partial charge in [0.05, 0.1) is 0 Å². The van der Waals surface area contributed by atoms with Crippen molar-refractivity contribution in [3.05, 3.63) is 22.9 Å². The Kier molecular flexibility index (Phi) is 3.87. The van der Waals surface area contributed by atoms with E-state index in [1.165, 1.54) is 32.1 Å². The van der Waals surface area contributed by atoms with E-state index in [4.69, 9.17) is 0 Å². The van der Waals surface area contributed by atoms with Crippen LogP contribution >= 0.6 is 0 Å². The molecule has 1 saturated carbocycles. The van der Waals surface area contributed by atoms with Gasteiger partial charge in [-0.25, -0.2) is 9.78 Å². The highest BCUT2D eigenvalue weighted by molar-refractivity contribution is 5.95. The van der Waals surface area contributed by atoms with E-state index in [2.05, 4.69) is 9.88 Å². The average molecular weight is 288 g/mol. The van der Waals surface area contributed by atoms with Crippen molar-refractivity contribution in [1.29, 1.82) is 0 Å². The molecule has 1 unspecified atom stereocenters. The molecule has 1 aliphatic heterocycles. The van der Waals surface area contributed by atoms with Gasteiger partial charge in [0.1, 0.15) is 11.4 Å². The van der Waals surface area contributed by atoms with Crippen molar-refractivity contribution >= 4 is 11.8 Å². The third kappa shape index (κ3) is 2.63. The summed E-state index contributed by atoms with van der Waals surface area (Å²) < 4.78 is 0. The van der Waals surface area contributed by atoms with Gasteiger partial charge in [-0.15, -0.1) is 0 Å². The average Bonchev–Trinajstić information content (AvgIpc) is 3.08. The number of aromatic nitrogens is 1. The molecule has 1 N–H and O–H groups in total. The second-order valence-electron chi connectivity index (χ2n) is 6.53. The lowest BCUT2D eigenvalue weighted by atomic mass is 9.95. The minimum absolute atomic E-state index is 0.394. The topological polar surface area (TPSA) is 53.4 Å². The summed E-state index contributed by atoms with van der Waals surface area (Å²) in [7, 11) is 0. The smallest absolute Gasteiger partial charge is 0.339 e. The summed E-state index contributed by atoms with van der Waals surface area (Å²) in [5.41, 5.74) is 2.12. The number of rotatable bonds is 3. The number of anilines is 1. The molecule has 2 heterocycles. The van der Waals surface area contributed by atoms with E-state index in [0.717, 1.165) is 30.1 Å². The van der Waals surface area contributed by atoms with Crippen molar-refractivity contribution in [3.63, 3.8) is 0 Å². The second kappa shape index (κ2) is 5.66. The number of nitrogens with zero attached hydrogens (tertiary/aromatic N) is 2. The molecule has 0 radical (unpaired) electrons. The van der Waals surface area contributed by atoms with E-state index < -0.39 is 5.97 Å². The molecule has 21 heavy (non-hydrogen) atoms. The normalized spacial score (nSPS) is 23.0. The fourth-order valence-corrected chi connectivity index (χ4v) is 4.18. The van der Waals surface area contributed by atoms with Crippen LogP contribution in [0.2, 0.25) is 0 Å². The molecule has 0 aromatic carbocycles. The van der Waals surface area contributed by atoms with E-state index in [-0.39, 0.29) is 0 Å². The minimum Gasteiger partial charge on any atom is -0.478 e. The number of hydrogen-bond donors (Lipinski definition) is 1. The predicted molar refractivity (Wildman–Crippen MR) is 83.0 cm³/mol. The first-order chi connectivity index (χ1) is 10.1. The van der Waals surface area contributed by atoms with Crippen LogP contribution in [0.1, 0.15) is 60.1 Å². The number of aromatic carboxylic acids is 1. The van der Waals surface area contributed by atoms with Crippen LogP contribution in [0.25, 0.3) is 0 Å². The molecule has 3 rings (SSSR count). The molecule has 1 aromatic rings. The van der Waals surface area contributed by atoms with Gasteiger partial charge < -0.3 is 10.0 Å². The molecule has 114 valence electrons. The summed E-state index contributed by atoms with van der Waals surface area (Å²) in [5, 5.41) is 9.58. The third-order valence-electron chi connectivity index (χ3n) is 5.05. The molecule has 4 nitrogen and oxygen atoms in total. The van der Waals surface area contributed by atoms with Crippen molar-refractivity contribution in [2.24, 2.45) is 5.92 Å². The molecular formula is C17H24N2O2. The summed E-state index contributed by atoms with van der Waals surface area (Å²) in [6.07, 6.45) is 7.54. The van der Waals surface area contributed by atoms with Crippen molar-refractivity contribution in [3.8, 4) is 0 Å². The maximum Gasteiger partial charge on any atom is 0.339 e. The van der Waals surface area contributed by atoms with Crippen molar-refractivity contribution in [2.45, 2.75) is 58.4 Å². The zero-order valence-corrected chi connectivity index (χ0v) is 12.9. The highest BCUT2D eigenvalue weighted by atomic mass is 16.4. The zero-order chi connectivity index (χ0) is 15.0. The van der Waals surface area contributed by atoms with Crippen molar-refractivity contribution in [2.75, 3.05) is 11.4 Å². The molecule has 2 fully saturated rings. The van der Waals surface area contributed by atoms with E-state index in [1.54, 1.807) is 0 Å². The maximum absolute atomic E-state index is 11.7. The number of hydrogen-bond acceptors (Lipinski definition) is 3. The van der Waals surface area contributed by atoms with Crippen LogP contribution in [0.5, 0.6) is 0 Å². The quantitative estimate of drug-likeness (QED) is 0.924. The van der Waals surface area contributed by atoms with Crippen molar-refractivity contribution < 1.29 is 9.90 Å². The Bertz CT molecular complexity index is 550. The van der Waals surface area contributed by atoms with Crippen molar-refractivity contribution in [1.82, 2.24) is 4.98 Å². The monoisotopic (exact) mass is 288 g/mol. The van der Waals surface area contributed by atoms with Crippen LogP contribution in [-0.2, 0) is 0 Å². The molecule has 2 aliphatic rings. The molecule has 1 aliphatic carbocycles. The highest BCUT2D eigenvalue weighted by Gasteiger charge is 2.36. The van der Waals surface area contributed by atoms with Crippen LogP contribution in [0.3, 0.4) is 0 Å². The van der Waals surface area contributed by atoms with Crippen LogP contribution in [-0.4, -0.2) is 28.6 Å². The van der Waals surface area contributed by atoms with E-state index >= 15 is 0 Å². The fraction of sp³-hybridized carbons (Fsp3) is 0.647. The second-order valence-corrected chi connectivity index (χ2v) is 6.53. The molecular weight excluding hydrogens is 264 g/mol. The Morgan fingerprint density at radius 1 is 1.24 bits per heavy atom. The Morgan fingerprint density at radius 2 is 1.95 bits per heavy atom. The van der Waals surface area contributed by atoms with Gasteiger partial charge in [0, 0.05) is 18.3 Å². The lowest BCUT2D eigenvalue weighted by molar-refractivity contribution is 0.0696. The van der Waals surface area contributed by atoms with Gasteiger partial charge in [0.2, 0.25) is 0 Å². The molecule has 0 spiro atoms. The minimum atomic E-state index is -0.855. The van der Waals surface area contributed by atoms with E-state index in [0.29, 0.717) is 17.4 Å². The summed E-state index contributed by atoms with van der Waals surface area (Å²) in [6, 6.07) is 2.35. The van der Waals surface area contributed by atoms with Gasteiger partial charge >= 0.3 is 5.97 Å². The molecule has 4 heteroatoms. The van der Waals surface area contributed by atoms with Crippen LogP contribution in [0.4, 0.5) is 5.82 Å². The van der Waals surface area contributed by atoms with Crippen LogP contribution in [0.15, 0.2) is 6.07 Å². The van der Waals surface area contributed by atoms with Crippen LogP contribution < -0.4 is 4.90 Å². The number of carbonyl (C=O) groups is 1. The number of aryl methyl sites for hydroxylation is 2. The van der Waals surface area contributed by atoms with Gasteiger partial charge in [-0.3, -0.25) is 0 Å². The molecule has 0 amide bonds. The lowest BCUT2D eigenvalue weighted by Gasteiger charge is -2.31. The molecule has 1 aromatic heterocycles. The molecule has 1 atom stereocenters. The number of pyridine rings is 1. The van der Waals surface area contributed by atoms with Gasteiger partial charge in [0.25, 0.3) is 0 Å². The molecule has 0 bridgehead atoms. The maximum atomic E-state index is 11.7. The Balaban J connectivity index is 2.00. The lowest BCUT2D eigenvalue weighted by Crippen LogP contribution is -2.36. The first-order valence-corrected chi connectivity index (χ1v) is 8.06. The van der Waals surface area contributed by atoms with E-state index in [1.807, 2.05) is 19.9 Å². The Morgan fingerprint density at radius 3 is 2.62 bits per heavy atom. The van der Waals surface area contributed by atoms with Gasteiger partial charge in [0.15, 0.2) is 0 Å². The van der Waals surface area contributed by atoms with Gasteiger partial charge in [-0.1, -0.05) is 12.8 Å². The summed E-state index contributed by atoms with van der Waals surface area (Å²) in [4.78, 5) is 18.6. The summed E-state index contributed by atoms with van der Waals surface area (Å²) >= 11 is 0. The van der Waals surface area contributed by atoms with Crippen LogP contribution in [0, 0.1) is 19.8 Å². The Labute approximate surface area is 126 Å². The van der Waals surface area contributed by atoms with Gasteiger partial charge in [-0.2, -0.15) is 0 Å². The number of carboxylic acids is 1.